The van der Waals surface area contributed by atoms with E-state index in [0.29, 0.717) is 32.8 Å². The Hall–Kier alpha value is -4.15. The molecule has 14 nitrogen and oxygen atoms in total. The van der Waals surface area contributed by atoms with Gasteiger partial charge in [-0.25, -0.2) is 4.79 Å². The predicted octanol–water partition coefficient (Wildman–Crippen LogP) is 2.14. The fraction of sp³-hybridized carbons (Fsp3) is 0.457. The molecule has 1 aliphatic carbocycles. The van der Waals surface area contributed by atoms with Gasteiger partial charge < -0.3 is 53.3 Å². The highest BCUT2D eigenvalue weighted by Crippen LogP contribution is 2.47. The van der Waals surface area contributed by atoms with Gasteiger partial charge in [-0.2, -0.15) is 0 Å². The highest BCUT2D eigenvalue weighted by molar-refractivity contribution is 6.27. The lowest BCUT2D eigenvalue weighted by molar-refractivity contribution is -0.353. The molecule has 3 heterocycles. The van der Waals surface area contributed by atoms with Gasteiger partial charge in [0.15, 0.2) is 24.3 Å². The van der Waals surface area contributed by atoms with Crippen molar-refractivity contribution in [3.05, 3.63) is 57.4 Å². The molecule has 7 rings (SSSR count). The van der Waals surface area contributed by atoms with Crippen LogP contribution in [-0.4, -0.2) is 101 Å². The minimum atomic E-state index is -1.60. The third-order valence-electron chi connectivity index (χ3n) is 9.66. The maximum absolute atomic E-state index is 13.6. The number of hydrogen-bond acceptors (Lipinski definition) is 14. The number of phenols is 1. The molecule has 2 saturated heterocycles. The van der Waals surface area contributed by atoms with Gasteiger partial charge in [0.2, 0.25) is 6.29 Å². The van der Waals surface area contributed by atoms with Gasteiger partial charge in [-0.1, -0.05) is 18.2 Å². The molecular weight excluding hydrogens is 644 g/mol. The first kappa shape index (κ1) is 33.4. The Morgan fingerprint density at radius 3 is 2.31 bits per heavy atom. The molecule has 2 aliphatic heterocycles. The summed E-state index contributed by atoms with van der Waals surface area (Å²) in [5.74, 6) is -1.07. The van der Waals surface area contributed by atoms with E-state index in [1.54, 1.807) is 44.2 Å². The molecular formula is C35H36O14. The quantitative estimate of drug-likeness (QED) is 0.0999. The summed E-state index contributed by atoms with van der Waals surface area (Å²) in [7, 11) is 1.32. The van der Waals surface area contributed by atoms with Crippen LogP contribution in [0.2, 0.25) is 0 Å². The molecule has 1 aromatic heterocycles. The maximum atomic E-state index is 13.6. The summed E-state index contributed by atoms with van der Waals surface area (Å²) >= 11 is 0. The van der Waals surface area contributed by atoms with Crippen LogP contribution in [-0.2, 0) is 34.9 Å². The van der Waals surface area contributed by atoms with Gasteiger partial charge in [-0.05, 0) is 44.0 Å². The van der Waals surface area contributed by atoms with Gasteiger partial charge >= 0.3 is 11.6 Å². The fourth-order valence-corrected chi connectivity index (χ4v) is 7.35. The van der Waals surface area contributed by atoms with E-state index in [9.17, 15) is 34.8 Å². The van der Waals surface area contributed by atoms with Crippen LogP contribution in [0.15, 0.2) is 39.5 Å². The molecule has 0 saturated carbocycles. The first-order valence-electron chi connectivity index (χ1n) is 15.9. The number of benzene rings is 3. The van der Waals surface area contributed by atoms with Gasteiger partial charge in [0, 0.05) is 47.6 Å². The van der Waals surface area contributed by atoms with Crippen LogP contribution in [0.3, 0.4) is 0 Å². The molecule has 4 N–H and O–H groups in total. The monoisotopic (exact) mass is 680 g/mol. The van der Waals surface area contributed by atoms with E-state index in [0.717, 1.165) is 0 Å². The molecule has 4 aromatic rings. The second-order valence-electron chi connectivity index (χ2n) is 12.8. The van der Waals surface area contributed by atoms with E-state index in [2.05, 4.69) is 0 Å². The number of hydrogen-bond donors (Lipinski definition) is 4. The zero-order valence-corrected chi connectivity index (χ0v) is 27.2. The number of aliphatic hydroxyl groups excluding tert-OH is 3. The Labute approximate surface area is 278 Å². The summed E-state index contributed by atoms with van der Waals surface area (Å²) in [5.41, 5.74) is 0.956. The van der Waals surface area contributed by atoms with Crippen LogP contribution < -0.4 is 10.4 Å². The summed E-state index contributed by atoms with van der Waals surface area (Å²) < 4.78 is 40.6. The molecule has 0 bridgehead atoms. The number of ether oxygens (including phenoxy) is 6. The second-order valence-corrected chi connectivity index (χ2v) is 12.8. The minimum absolute atomic E-state index is 0.0638. The standard InChI is InChI=1S/C35H36O14/c1-12-9-10-20-24-21(12)18(37)11-17-22-16(27(39)25(23(17)24)33(42)47-20)7-6-8-19(22)48-35-32(28(40)26(38)13(2)44-35)49-34-29(41)31(43-5)30(14(3)45-34)46-15(4)36/h6-10,13-14,26,28-32,34-35,38-41H,11H2,1-5H3/t13-,14-,26+,28+,29-,30+,31-,32-,34-,35+/m1/s1. The topological polar surface area (TPSA) is 201 Å². The largest absolute Gasteiger partial charge is 0.506 e. The fourth-order valence-electron chi connectivity index (χ4n) is 7.35. The summed E-state index contributed by atoms with van der Waals surface area (Å²) in [6.45, 7) is 6.12. The van der Waals surface area contributed by atoms with Crippen molar-refractivity contribution in [2.24, 2.45) is 0 Å². The normalized spacial score (nSPS) is 31.5. The molecule has 260 valence electrons. The Bertz CT molecular complexity index is 2050. The molecule has 10 atom stereocenters. The lowest BCUT2D eigenvalue weighted by Crippen LogP contribution is -2.64. The number of aliphatic hydroxyl groups is 3. The molecule has 14 heteroatoms. The smallest absolute Gasteiger partial charge is 0.348 e. The summed E-state index contributed by atoms with van der Waals surface area (Å²) in [5, 5.41) is 45.9. The van der Waals surface area contributed by atoms with E-state index in [4.69, 9.17) is 32.8 Å². The average molecular weight is 681 g/mol. The van der Waals surface area contributed by atoms with Crippen molar-refractivity contribution >= 4 is 44.3 Å². The Morgan fingerprint density at radius 2 is 1.59 bits per heavy atom. The number of esters is 1. The van der Waals surface area contributed by atoms with Crippen LogP contribution in [0.5, 0.6) is 11.5 Å². The zero-order valence-electron chi connectivity index (χ0n) is 27.2. The van der Waals surface area contributed by atoms with Crippen LogP contribution in [0.1, 0.15) is 42.3 Å². The first-order chi connectivity index (χ1) is 23.3. The van der Waals surface area contributed by atoms with Crippen molar-refractivity contribution in [3.63, 3.8) is 0 Å². The third-order valence-corrected chi connectivity index (χ3v) is 9.66. The molecule has 3 aliphatic rings. The van der Waals surface area contributed by atoms with E-state index in [1.807, 2.05) is 0 Å². The number of ketones is 1. The van der Waals surface area contributed by atoms with Gasteiger partial charge in [0.1, 0.15) is 46.9 Å². The summed E-state index contributed by atoms with van der Waals surface area (Å²) in [6, 6.07) is 8.02. The van der Waals surface area contributed by atoms with Gasteiger partial charge in [0.25, 0.3) is 0 Å². The van der Waals surface area contributed by atoms with E-state index in [-0.39, 0.29) is 40.1 Å². The van der Waals surface area contributed by atoms with E-state index < -0.39 is 73.0 Å². The van der Waals surface area contributed by atoms with Crippen molar-refractivity contribution in [3.8, 4) is 11.5 Å². The molecule has 49 heavy (non-hydrogen) atoms. The highest BCUT2D eigenvalue weighted by atomic mass is 16.8. The van der Waals surface area contributed by atoms with Crippen molar-refractivity contribution in [2.45, 2.75) is 95.5 Å². The van der Waals surface area contributed by atoms with Gasteiger partial charge in [-0.15, -0.1) is 0 Å². The summed E-state index contributed by atoms with van der Waals surface area (Å²) in [6.07, 6.45) is -12.8. The molecule has 0 unspecified atom stereocenters. The molecule has 0 spiro atoms. The molecule has 0 amide bonds. The predicted molar refractivity (Wildman–Crippen MR) is 170 cm³/mol. The lowest BCUT2D eigenvalue weighted by atomic mass is 9.82. The average Bonchev–Trinajstić information content (AvgIpc) is 3.05. The van der Waals surface area contributed by atoms with Crippen LogP contribution in [0, 0.1) is 6.92 Å². The number of Topliss-reactive ketones (excluding diaryl/α,β-unsaturated/α-hetero) is 1. The lowest BCUT2D eigenvalue weighted by Gasteiger charge is -2.46. The number of aryl methyl sites for hydroxylation is 1. The number of fused-ring (bicyclic) bond motifs is 2. The van der Waals surface area contributed by atoms with Gasteiger partial charge in [0.05, 0.1) is 12.2 Å². The molecule has 2 fully saturated rings. The van der Waals surface area contributed by atoms with Crippen LogP contribution >= 0.6 is 0 Å². The number of carbonyl (C=O) groups excluding carboxylic acids is 2. The van der Waals surface area contributed by atoms with Gasteiger partial charge in [-0.3, -0.25) is 9.59 Å². The van der Waals surface area contributed by atoms with Crippen LogP contribution in [0.4, 0.5) is 0 Å². The molecule has 3 aromatic carbocycles. The third kappa shape index (κ3) is 5.26. The van der Waals surface area contributed by atoms with Crippen molar-refractivity contribution in [1.82, 2.24) is 0 Å². The summed E-state index contributed by atoms with van der Waals surface area (Å²) in [4.78, 5) is 38.6. The Balaban J connectivity index is 1.33. The van der Waals surface area contributed by atoms with Crippen molar-refractivity contribution in [2.75, 3.05) is 7.11 Å². The minimum Gasteiger partial charge on any atom is -0.506 e. The number of phenolic OH excluding ortho intramolecular Hbond substituents is 1. The van der Waals surface area contributed by atoms with Crippen LogP contribution in [0.25, 0.3) is 32.5 Å². The highest BCUT2D eigenvalue weighted by Gasteiger charge is 2.52. The number of aromatic hydroxyl groups is 1. The Kier molecular flexibility index (Phi) is 8.38. The number of carbonyl (C=O) groups is 2. The van der Waals surface area contributed by atoms with Crippen molar-refractivity contribution < 1.29 is 62.9 Å². The van der Waals surface area contributed by atoms with E-state index in [1.165, 1.54) is 21.0 Å². The number of rotatable bonds is 6. The van der Waals surface area contributed by atoms with Crippen molar-refractivity contribution in [1.29, 1.82) is 0 Å². The first-order valence-corrected chi connectivity index (χ1v) is 15.9. The second kappa shape index (κ2) is 12.3. The maximum Gasteiger partial charge on any atom is 0.348 e. The SMILES string of the molecule is CO[C@@H]1[C@@H](O)[C@@H](O[C@H]2[C@H](Oc3cccc4c(O)c5c(=O)oc6ccc(C)c7c6c5c(c34)CC7=O)O[C@H](C)[C@H](O)[C@@H]2O)O[C@H](C)[C@@H]1OC(C)=O. The molecule has 0 radical (unpaired) electrons. The Morgan fingerprint density at radius 1 is 0.857 bits per heavy atom. The van der Waals surface area contributed by atoms with E-state index >= 15 is 0 Å². The zero-order chi connectivity index (χ0) is 35.0. The number of methoxy groups -OCH3 is 1.